The molecule has 4 aromatic rings. The number of carbonyl (C=O) groups is 2. The first kappa shape index (κ1) is 27.3. The molecule has 0 saturated heterocycles. The lowest BCUT2D eigenvalue weighted by Gasteiger charge is -2.34. The Bertz CT molecular complexity index is 1400. The maximum absolute atomic E-state index is 13.2. The molecule has 2 amide bonds. The average Bonchev–Trinajstić information content (AvgIpc) is 3.51. The average molecular weight is 539 g/mol. The van der Waals surface area contributed by atoms with Crippen LogP contribution in [0.1, 0.15) is 47.2 Å². The van der Waals surface area contributed by atoms with Crippen molar-refractivity contribution in [2.75, 3.05) is 7.05 Å². The lowest BCUT2D eigenvalue weighted by molar-refractivity contribution is 0.00403. The van der Waals surface area contributed by atoms with Gasteiger partial charge in [-0.15, -0.1) is 0 Å². The Morgan fingerprint density at radius 1 is 0.900 bits per heavy atom. The zero-order chi connectivity index (χ0) is 27.7. The zero-order valence-corrected chi connectivity index (χ0v) is 22.6. The van der Waals surface area contributed by atoms with Crippen molar-refractivity contribution >= 4 is 11.9 Å². The fraction of sp³-hybridized carbons (Fsp3) is 0.281. The highest BCUT2D eigenvalue weighted by molar-refractivity contribution is 5.94. The molecule has 206 valence electrons. The number of rotatable bonds is 9. The van der Waals surface area contributed by atoms with E-state index in [2.05, 4.69) is 22.6 Å². The summed E-state index contributed by atoms with van der Waals surface area (Å²) in [5.74, 6) is -0.351. The first-order valence-electron chi connectivity index (χ1n) is 13.6. The molecule has 1 aliphatic carbocycles. The van der Waals surface area contributed by atoms with Gasteiger partial charge >= 0.3 is 6.03 Å². The Morgan fingerprint density at radius 2 is 1.57 bits per heavy atom. The maximum atomic E-state index is 13.2. The van der Waals surface area contributed by atoms with Crippen LogP contribution in [-0.4, -0.2) is 45.6 Å². The molecule has 5 rings (SSSR count). The molecule has 40 heavy (non-hydrogen) atoms. The van der Waals surface area contributed by atoms with Crippen molar-refractivity contribution in [3.63, 3.8) is 0 Å². The number of hydrogen-bond donors (Lipinski definition) is 1. The van der Waals surface area contributed by atoms with Crippen LogP contribution in [0.25, 0.3) is 11.3 Å². The van der Waals surface area contributed by atoms with E-state index in [1.54, 1.807) is 29.3 Å². The van der Waals surface area contributed by atoms with Crippen molar-refractivity contribution < 1.29 is 19.2 Å². The number of amides is 2. The van der Waals surface area contributed by atoms with E-state index in [1.807, 2.05) is 61.6 Å². The van der Waals surface area contributed by atoms with Gasteiger partial charge in [-0.25, -0.2) is 15.3 Å². The fourth-order valence-electron chi connectivity index (χ4n) is 4.94. The summed E-state index contributed by atoms with van der Waals surface area (Å²) in [6.45, 7) is 0.890. The molecule has 0 atom stereocenters. The summed E-state index contributed by atoms with van der Waals surface area (Å²) in [6.07, 6.45) is 7.09. The van der Waals surface area contributed by atoms with Gasteiger partial charge in [0.15, 0.2) is 0 Å². The summed E-state index contributed by atoms with van der Waals surface area (Å²) in [5.41, 5.74) is 6.41. The van der Waals surface area contributed by atoms with Gasteiger partial charge in [-0.1, -0.05) is 72.8 Å². The molecule has 0 radical (unpaired) electrons. The Balaban J connectivity index is 1.13. The third-order valence-corrected chi connectivity index (χ3v) is 7.29. The number of hydroxylamine groups is 1. The number of nitrogens with zero attached hydrogens (tertiary/aromatic N) is 3. The van der Waals surface area contributed by atoms with E-state index in [1.165, 1.54) is 16.5 Å². The van der Waals surface area contributed by atoms with E-state index in [-0.39, 0.29) is 30.7 Å². The fourth-order valence-corrected chi connectivity index (χ4v) is 4.94. The summed E-state index contributed by atoms with van der Waals surface area (Å²) in [7, 11) is 1.85. The third-order valence-electron chi connectivity index (χ3n) is 7.29. The molecule has 0 aliphatic heterocycles. The third kappa shape index (κ3) is 7.02. The van der Waals surface area contributed by atoms with Gasteiger partial charge in [-0.2, -0.15) is 0 Å². The number of imidazole rings is 1. The summed E-state index contributed by atoms with van der Waals surface area (Å²) >= 11 is 0. The molecule has 1 heterocycles. The van der Waals surface area contributed by atoms with Crippen molar-refractivity contribution in [3.8, 4) is 11.3 Å². The number of hydrogen-bond acceptors (Lipinski definition) is 5. The van der Waals surface area contributed by atoms with Crippen molar-refractivity contribution in [1.82, 2.24) is 19.9 Å². The molecule has 1 saturated carbocycles. The lowest BCUT2D eigenvalue weighted by atomic mass is 9.92. The van der Waals surface area contributed by atoms with Crippen LogP contribution in [0.4, 0.5) is 4.79 Å². The minimum Gasteiger partial charge on any atom is -0.374 e. The van der Waals surface area contributed by atoms with Crippen LogP contribution in [0.5, 0.6) is 0 Å². The number of nitrogens with one attached hydrogen (secondary N) is 1. The van der Waals surface area contributed by atoms with Crippen molar-refractivity contribution in [2.24, 2.45) is 0 Å². The zero-order valence-electron chi connectivity index (χ0n) is 22.6. The molecule has 1 fully saturated rings. The number of benzene rings is 3. The smallest absolute Gasteiger partial charge is 0.329 e. The topological polar surface area (TPSA) is 85.7 Å². The van der Waals surface area contributed by atoms with Gasteiger partial charge in [0.1, 0.15) is 6.33 Å². The Kier molecular flexibility index (Phi) is 9.00. The van der Waals surface area contributed by atoms with Gasteiger partial charge in [0.2, 0.25) is 0 Å². The van der Waals surface area contributed by atoms with Crippen LogP contribution < -0.4 is 5.48 Å². The van der Waals surface area contributed by atoms with E-state index in [0.717, 1.165) is 36.8 Å². The summed E-state index contributed by atoms with van der Waals surface area (Å²) < 4.78 is 7.61. The SMILES string of the molecule is CN(C(=O)n1cnc(-c2cccc(C(=O)NOCc3ccccc3)c2)c1)C1CCC(OCc2ccccc2)CC1. The van der Waals surface area contributed by atoms with Crippen LogP contribution in [0, 0.1) is 0 Å². The second-order valence-corrected chi connectivity index (χ2v) is 10.1. The standard InChI is InChI=1S/C32H34N4O4/c1-35(28-15-17-29(18-16-28)39-21-24-9-4-2-5-10-24)32(38)36-20-30(33-23-36)26-13-8-14-27(19-26)31(37)34-40-22-25-11-6-3-7-12-25/h2-14,19-20,23,28-29H,15-18,21-22H2,1H3,(H,34,37). The molecule has 1 aliphatic rings. The highest BCUT2D eigenvalue weighted by Gasteiger charge is 2.28. The summed E-state index contributed by atoms with van der Waals surface area (Å²) in [5, 5.41) is 0. The molecular formula is C32H34N4O4. The molecule has 1 N–H and O–H groups in total. The molecule has 0 spiro atoms. The Morgan fingerprint density at radius 3 is 2.27 bits per heavy atom. The minimum absolute atomic E-state index is 0.129. The lowest BCUT2D eigenvalue weighted by Crippen LogP contribution is -2.42. The molecule has 0 bridgehead atoms. The predicted octanol–water partition coefficient (Wildman–Crippen LogP) is 5.84. The molecule has 3 aromatic carbocycles. The van der Waals surface area contributed by atoms with Gasteiger partial charge < -0.3 is 9.64 Å². The van der Waals surface area contributed by atoms with Gasteiger partial charge in [-0.05, 0) is 48.9 Å². The predicted molar refractivity (Wildman–Crippen MR) is 152 cm³/mol. The summed E-state index contributed by atoms with van der Waals surface area (Å²) in [4.78, 5) is 37.4. The van der Waals surface area contributed by atoms with Crippen molar-refractivity contribution in [2.45, 2.75) is 51.0 Å². The quantitative estimate of drug-likeness (QED) is 0.271. The highest BCUT2D eigenvalue weighted by Crippen LogP contribution is 2.26. The van der Waals surface area contributed by atoms with Crippen LogP contribution >= 0.6 is 0 Å². The number of carbonyl (C=O) groups excluding carboxylic acids is 2. The van der Waals surface area contributed by atoms with Gasteiger partial charge in [0.25, 0.3) is 5.91 Å². The molecule has 8 heteroatoms. The monoisotopic (exact) mass is 538 g/mol. The van der Waals surface area contributed by atoms with Gasteiger partial charge in [0, 0.05) is 30.4 Å². The van der Waals surface area contributed by atoms with E-state index < -0.39 is 0 Å². The van der Waals surface area contributed by atoms with Crippen LogP contribution in [-0.2, 0) is 22.8 Å². The van der Waals surface area contributed by atoms with Crippen LogP contribution in [0.15, 0.2) is 97.5 Å². The van der Waals surface area contributed by atoms with E-state index in [9.17, 15) is 9.59 Å². The largest absolute Gasteiger partial charge is 0.374 e. The van der Waals surface area contributed by atoms with Crippen LogP contribution in [0.2, 0.25) is 0 Å². The van der Waals surface area contributed by atoms with Crippen LogP contribution in [0.3, 0.4) is 0 Å². The first-order valence-corrected chi connectivity index (χ1v) is 13.6. The molecule has 0 unspecified atom stereocenters. The highest BCUT2D eigenvalue weighted by atomic mass is 16.6. The second-order valence-electron chi connectivity index (χ2n) is 10.1. The van der Waals surface area contributed by atoms with Crippen molar-refractivity contribution in [3.05, 3.63) is 114 Å². The maximum Gasteiger partial charge on any atom is 0.329 e. The Labute approximate surface area is 234 Å². The summed E-state index contributed by atoms with van der Waals surface area (Å²) in [6, 6.07) is 26.9. The molecule has 1 aromatic heterocycles. The normalized spacial score (nSPS) is 16.8. The second kappa shape index (κ2) is 13.2. The Hall–Kier alpha value is -4.27. The first-order chi connectivity index (χ1) is 19.6. The van der Waals surface area contributed by atoms with E-state index in [4.69, 9.17) is 9.57 Å². The molecule has 8 nitrogen and oxygen atoms in total. The number of ether oxygens (including phenoxy) is 1. The van der Waals surface area contributed by atoms with Gasteiger partial charge in [0.05, 0.1) is 25.0 Å². The minimum atomic E-state index is -0.351. The van der Waals surface area contributed by atoms with E-state index in [0.29, 0.717) is 17.9 Å². The van der Waals surface area contributed by atoms with E-state index >= 15 is 0 Å². The van der Waals surface area contributed by atoms with Crippen molar-refractivity contribution in [1.29, 1.82) is 0 Å². The molecular weight excluding hydrogens is 504 g/mol. The van der Waals surface area contributed by atoms with Gasteiger partial charge in [-0.3, -0.25) is 14.2 Å². The number of aromatic nitrogens is 2.